The van der Waals surface area contributed by atoms with Crippen molar-refractivity contribution in [2.75, 3.05) is 13.1 Å². The van der Waals surface area contributed by atoms with Crippen LogP contribution in [0.1, 0.15) is 32.1 Å². The molecule has 3 heteroatoms. The smallest absolute Gasteiger partial charge is 0.134 e. The molecule has 14 heavy (non-hydrogen) atoms. The summed E-state index contributed by atoms with van der Waals surface area (Å²) in [6.45, 7) is 2.05. The predicted octanol–water partition coefficient (Wildman–Crippen LogP) is 0.954. The molecule has 4 atom stereocenters. The summed E-state index contributed by atoms with van der Waals surface area (Å²) in [5.41, 5.74) is 3.42. The van der Waals surface area contributed by atoms with Crippen LogP contribution in [0.3, 0.4) is 0 Å². The van der Waals surface area contributed by atoms with Gasteiger partial charge in [0.1, 0.15) is 5.78 Å². The number of nitrogens with one attached hydrogen (secondary N) is 1. The van der Waals surface area contributed by atoms with Crippen molar-refractivity contribution >= 4 is 5.78 Å². The molecule has 4 bridgehead atoms. The van der Waals surface area contributed by atoms with Crippen molar-refractivity contribution in [3.63, 3.8) is 0 Å². The minimum atomic E-state index is 0.469. The summed E-state index contributed by atoms with van der Waals surface area (Å²) >= 11 is 0. The van der Waals surface area contributed by atoms with E-state index in [2.05, 4.69) is 10.4 Å². The Bertz CT molecular complexity index is 254. The minimum absolute atomic E-state index is 0.469. The molecule has 0 radical (unpaired) electrons. The number of hydrogen-bond donors (Lipinski definition) is 1. The maximum Gasteiger partial charge on any atom is 0.134 e. The molecular weight excluding hydrogens is 176 g/mol. The van der Waals surface area contributed by atoms with Gasteiger partial charge in [-0.05, 0) is 31.1 Å². The van der Waals surface area contributed by atoms with E-state index in [9.17, 15) is 4.79 Å². The summed E-state index contributed by atoms with van der Waals surface area (Å²) in [5.74, 6) is 1.99. The Morgan fingerprint density at radius 2 is 2.21 bits per heavy atom. The number of rotatable bonds is 0. The average Bonchev–Trinajstić information content (AvgIpc) is 2.72. The van der Waals surface area contributed by atoms with Crippen molar-refractivity contribution in [1.29, 1.82) is 0 Å². The molecule has 4 unspecified atom stereocenters. The van der Waals surface area contributed by atoms with Gasteiger partial charge in [-0.3, -0.25) is 10.2 Å². The second-order valence-corrected chi connectivity index (χ2v) is 4.95. The summed E-state index contributed by atoms with van der Waals surface area (Å²) in [6.07, 6.45) is 5.47. The van der Waals surface area contributed by atoms with Crippen LogP contribution in [0.4, 0.5) is 0 Å². The van der Waals surface area contributed by atoms with Crippen molar-refractivity contribution in [3.8, 4) is 0 Å². The van der Waals surface area contributed by atoms with E-state index in [0.717, 1.165) is 31.3 Å². The van der Waals surface area contributed by atoms with E-state index in [1.807, 2.05) is 0 Å². The highest BCUT2D eigenvalue weighted by Crippen LogP contribution is 2.43. The SMILES string of the molecule is O=C1CCNN2CCC3C(CCC32)C1. The van der Waals surface area contributed by atoms with Crippen LogP contribution in [0.15, 0.2) is 0 Å². The van der Waals surface area contributed by atoms with E-state index in [1.54, 1.807) is 0 Å². The summed E-state index contributed by atoms with van der Waals surface area (Å²) in [5, 5.41) is 2.41. The number of ketones is 1. The molecule has 2 heterocycles. The van der Waals surface area contributed by atoms with E-state index in [1.165, 1.54) is 25.8 Å². The number of hydrogen-bond acceptors (Lipinski definition) is 3. The van der Waals surface area contributed by atoms with Gasteiger partial charge in [-0.2, -0.15) is 0 Å². The lowest BCUT2D eigenvalue weighted by atomic mass is 9.88. The van der Waals surface area contributed by atoms with Crippen LogP contribution >= 0.6 is 0 Å². The molecule has 1 saturated carbocycles. The molecule has 1 aliphatic carbocycles. The number of carbonyl (C=O) groups is 1. The molecule has 0 aromatic heterocycles. The maximum absolute atomic E-state index is 11.6. The first-order valence-electron chi connectivity index (χ1n) is 5.86. The van der Waals surface area contributed by atoms with E-state index < -0.39 is 0 Å². The van der Waals surface area contributed by atoms with Crippen LogP contribution in [0.25, 0.3) is 0 Å². The van der Waals surface area contributed by atoms with Crippen molar-refractivity contribution in [2.45, 2.75) is 38.1 Å². The predicted molar refractivity (Wildman–Crippen MR) is 53.6 cm³/mol. The third kappa shape index (κ3) is 1.30. The summed E-state index contributed by atoms with van der Waals surface area (Å²) in [6, 6.07) is 0.742. The highest BCUT2D eigenvalue weighted by atomic mass is 16.1. The Kier molecular flexibility index (Phi) is 2.10. The molecule has 0 amide bonds. The quantitative estimate of drug-likeness (QED) is 0.623. The fourth-order valence-electron chi connectivity index (χ4n) is 3.58. The van der Waals surface area contributed by atoms with Crippen LogP contribution in [0.2, 0.25) is 0 Å². The molecule has 3 aliphatic rings. The van der Waals surface area contributed by atoms with Gasteiger partial charge in [-0.15, -0.1) is 0 Å². The Hall–Kier alpha value is -0.410. The molecule has 3 fully saturated rings. The van der Waals surface area contributed by atoms with E-state index in [4.69, 9.17) is 0 Å². The lowest BCUT2D eigenvalue weighted by Gasteiger charge is -2.23. The fourth-order valence-corrected chi connectivity index (χ4v) is 3.58. The molecule has 3 rings (SSSR count). The molecule has 78 valence electrons. The van der Waals surface area contributed by atoms with Crippen LogP contribution in [-0.2, 0) is 4.79 Å². The number of carbonyl (C=O) groups excluding carboxylic acids is 1. The van der Waals surface area contributed by atoms with Gasteiger partial charge in [-0.1, -0.05) is 0 Å². The van der Waals surface area contributed by atoms with E-state index in [-0.39, 0.29) is 0 Å². The largest absolute Gasteiger partial charge is 0.300 e. The van der Waals surface area contributed by atoms with Gasteiger partial charge in [0.05, 0.1) is 0 Å². The maximum atomic E-state index is 11.6. The Labute approximate surface area is 84.8 Å². The van der Waals surface area contributed by atoms with Crippen LogP contribution < -0.4 is 5.43 Å². The first-order chi connectivity index (χ1) is 6.84. The summed E-state index contributed by atoms with van der Waals surface area (Å²) in [4.78, 5) is 11.6. The molecule has 0 spiro atoms. The number of Topliss-reactive ketones (excluding diaryl/α,β-unsaturated/α-hetero) is 1. The Morgan fingerprint density at radius 1 is 1.29 bits per heavy atom. The topological polar surface area (TPSA) is 32.3 Å². The molecule has 1 N–H and O–H groups in total. The van der Waals surface area contributed by atoms with Crippen molar-refractivity contribution in [3.05, 3.63) is 0 Å². The lowest BCUT2D eigenvalue weighted by Crippen LogP contribution is -2.42. The van der Waals surface area contributed by atoms with Crippen LogP contribution in [0.5, 0.6) is 0 Å². The summed E-state index contributed by atoms with van der Waals surface area (Å²) < 4.78 is 0. The van der Waals surface area contributed by atoms with Gasteiger partial charge in [0.15, 0.2) is 0 Å². The zero-order valence-corrected chi connectivity index (χ0v) is 8.54. The standard InChI is InChI=1S/C11H18N2O/c14-9-3-5-12-13-6-4-10-8(7-9)1-2-11(10)13/h8,10-12H,1-7H2. The molecule has 2 aliphatic heterocycles. The molecule has 0 aromatic carbocycles. The van der Waals surface area contributed by atoms with Gasteiger partial charge < -0.3 is 0 Å². The lowest BCUT2D eigenvalue weighted by molar-refractivity contribution is -0.120. The van der Waals surface area contributed by atoms with Gasteiger partial charge in [0.2, 0.25) is 0 Å². The summed E-state index contributed by atoms with van der Waals surface area (Å²) in [7, 11) is 0. The number of hydrazine groups is 1. The minimum Gasteiger partial charge on any atom is -0.300 e. The Balaban J connectivity index is 1.84. The first-order valence-corrected chi connectivity index (χ1v) is 5.86. The van der Waals surface area contributed by atoms with Crippen LogP contribution in [-0.4, -0.2) is 29.9 Å². The van der Waals surface area contributed by atoms with Crippen LogP contribution in [0, 0.1) is 11.8 Å². The second-order valence-electron chi connectivity index (χ2n) is 4.95. The average molecular weight is 194 g/mol. The molecule has 0 aromatic rings. The third-order valence-electron chi connectivity index (χ3n) is 4.25. The molecule has 3 nitrogen and oxygen atoms in total. The zero-order valence-electron chi connectivity index (χ0n) is 8.54. The van der Waals surface area contributed by atoms with Crippen molar-refractivity contribution < 1.29 is 4.79 Å². The third-order valence-corrected chi connectivity index (χ3v) is 4.25. The fraction of sp³-hybridized carbons (Fsp3) is 0.909. The van der Waals surface area contributed by atoms with Gasteiger partial charge in [0.25, 0.3) is 0 Å². The van der Waals surface area contributed by atoms with Gasteiger partial charge in [0, 0.05) is 32.0 Å². The first kappa shape index (κ1) is 8.86. The molecular formula is C11H18N2O. The van der Waals surface area contributed by atoms with Gasteiger partial charge >= 0.3 is 0 Å². The second kappa shape index (κ2) is 3.31. The monoisotopic (exact) mass is 194 g/mol. The normalized spacial score (nSPS) is 47.3. The van der Waals surface area contributed by atoms with E-state index in [0.29, 0.717) is 11.7 Å². The number of nitrogens with zero attached hydrogens (tertiary/aromatic N) is 1. The zero-order chi connectivity index (χ0) is 9.54. The highest BCUT2D eigenvalue weighted by molar-refractivity contribution is 5.78. The highest BCUT2D eigenvalue weighted by Gasteiger charge is 2.44. The molecule has 2 saturated heterocycles. The van der Waals surface area contributed by atoms with Crippen molar-refractivity contribution in [1.82, 2.24) is 10.4 Å². The Morgan fingerprint density at radius 3 is 3.14 bits per heavy atom. The van der Waals surface area contributed by atoms with Crippen molar-refractivity contribution in [2.24, 2.45) is 11.8 Å². The van der Waals surface area contributed by atoms with Gasteiger partial charge in [-0.25, -0.2) is 5.01 Å². The van der Waals surface area contributed by atoms with E-state index >= 15 is 0 Å².